The number of methoxy groups -OCH3 is 1. The zero-order valence-electron chi connectivity index (χ0n) is 21.5. The van der Waals surface area contributed by atoms with Crippen LogP contribution in [0.15, 0.2) is 78.9 Å². The molecule has 6 nitrogen and oxygen atoms in total. The number of phenolic OH excluding ortho intramolecular Hbond substituents is 1. The molecule has 0 radical (unpaired) electrons. The van der Waals surface area contributed by atoms with E-state index in [9.17, 15) is 14.7 Å². The van der Waals surface area contributed by atoms with E-state index < -0.39 is 0 Å². The van der Waals surface area contributed by atoms with Gasteiger partial charge in [-0.15, -0.1) is 0 Å². The number of benzene rings is 3. The maximum Gasteiger partial charge on any atom is 0.163 e. The van der Waals surface area contributed by atoms with Crippen LogP contribution < -0.4 is 14.4 Å². The van der Waals surface area contributed by atoms with E-state index in [1.165, 1.54) is 25.3 Å². The largest absolute Gasteiger partial charge is 0.504 e. The second-order valence-corrected chi connectivity index (χ2v) is 8.38. The van der Waals surface area contributed by atoms with Crippen LogP contribution in [0.5, 0.6) is 17.2 Å². The summed E-state index contributed by atoms with van der Waals surface area (Å²) in [6.07, 6.45) is 5.79. The highest BCUT2D eigenvalue weighted by molar-refractivity contribution is 6.11. The van der Waals surface area contributed by atoms with Crippen LogP contribution in [0.2, 0.25) is 0 Å². The van der Waals surface area contributed by atoms with Gasteiger partial charge in [0.1, 0.15) is 12.4 Å². The first-order valence-corrected chi connectivity index (χ1v) is 12.3. The quantitative estimate of drug-likeness (QED) is 0.227. The Hall–Kier alpha value is -4.32. The van der Waals surface area contributed by atoms with E-state index in [-0.39, 0.29) is 23.7 Å². The Bertz CT molecular complexity index is 1260. The summed E-state index contributed by atoms with van der Waals surface area (Å²) in [6, 6.07) is 20.6. The van der Waals surface area contributed by atoms with Crippen molar-refractivity contribution >= 4 is 29.4 Å². The summed E-state index contributed by atoms with van der Waals surface area (Å²) in [7, 11) is 1.45. The molecule has 0 aromatic heterocycles. The molecule has 0 heterocycles. The molecule has 0 amide bonds. The SMILES string of the molecule is CCN(CC)c1ccc(/C=C/C(=O)CC(=O)/C=C/c2ccc(O)c(OC)c2)c(OCc2ccccc2)c1. The zero-order chi connectivity index (χ0) is 26.6. The second kappa shape index (κ2) is 13.7. The molecular weight excluding hydrogens is 466 g/mol. The first-order chi connectivity index (χ1) is 17.9. The summed E-state index contributed by atoms with van der Waals surface area (Å²) in [5.74, 6) is 0.373. The molecule has 0 unspecified atom stereocenters. The zero-order valence-corrected chi connectivity index (χ0v) is 21.5. The molecule has 0 saturated heterocycles. The van der Waals surface area contributed by atoms with Gasteiger partial charge in [0.15, 0.2) is 23.1 Å². The molecule has 0 aliphatic carbocycles. The van der Waals surface area contributed by atoms with Crippen molar-refractivity contribution in [2.75, 3.05) is 25.1 Å². The molecule has 1 N–H and O–H groups in total. The maximum atomic E-state index is 12.5. The van der Waals surface area contributed by atoms with Gasteiger partial charge in [0.25, 0.3) is 0 Å². The fourth-order valence-electron chi connectivity index (χ4n) is 3.77. The van der Waals surface area contributed by atoms with Crippen molar-refractivity contribution in [3.63, 3.8) is 0 Å². The number of aromatic hydroxyl groups is 1. The van der Waals surface area contributed by atoms with Crippen LogP contribution >= 0.6 is 0 Å². The Balaban J connectivity index is 1.70. The van der Waals surface area contributed by atoms with E-state index in [1.807, 2.05) is 48.5 Å². The van der Waals surface area contributed by atoms with E-state index in [4.69, 9.17) is 9.47 Å². The normalized spacial score (nSPS) is 11.1. The molecule has 0 bridgehead atoms. The molecule has 3 rings (SSSR count). The molecule has 0 aliphatic heterocycles. The number of anilines is 1. The smallest absolute Gasteiger partial charge is 0.163 e. The summed E-state index contributed by atoms with van der Waals surface area (Å²) < 4.78 is 11.2. The van der Waals surface area contributed by atoms with Gasteiger partial charge in [-0.1, -0.05) is 42.5 Å². The van der Waals surface area contributed by atoms with E-state index in [1.54, 1.807) is 24.3 Å². The van der Waals surface area contributed by atoms with Crippen molar-refractivity contribution in [3.05, 3.63) is 95.6 Å². The Morgan fingerprint density at radius 2 is 1.57 bits per heavy atom. The van der Waals surface area contributed by atoms with E-state index in [0.29, 0.717) is 23.7 Å². The summed E-state index contributed by atoms with van der Waals surface area (Å²) >= 11 is 0. The number of nitrogens with zero attached hydrogens (tertiary/aromatic N) is 1. The Labute approximate surface area is 218 Å². The van der Waals surface area contributed by atoms with Crippen molar-refractivity contribution in [2.24, 2.45) is 0 Å². The van der Waals surface area contributed by atoms with Gasteiger partial charge in [0, 0.05) is 30.4 Å². The molecule has 0 aliphatic rings. The fraction of sp³-hybridized carbons (Fsp3) is 0.226. The molecule has 3 aromatic rings. The van der Waals surface area contributed by atoms with Crippen LogP contribution in [0.4, 0.5) is 5.69 Å². The average Bonchev–Trinajstić information content (AvgIpc) is 2.92. The first kappa shape index (κ1) is 27.3. The number of hydrogen-bond acceptors (Lipinski definition) is 6. The monoisotopic (exact) mass is 499 g/mol. The number of carbonyl (C=O) groups is 2. The third-order valence-corrected chi connectivity index (χ3v) is 5.83. The van der Waals surface area contributed by atoms with Gasteiger partial charge in [-0.3, -0.25) is 9.59 Å². The van der Waals surface area contributed by atoms with Crippen molar-refractivity contribution in [1.82, 2.24) is 0 Å². The molecule has 3 aromatic carbocycles. The number of rotatable bonds is 13. The molecule has 0 spiro atoms. The number of ether oxygens (including phenoxy) is 2. The van der Waals surface area contributed by atoms with Gasteiger partial charge < -0.3 is 19.5 Å². The van der Waals surface area contributed by atoms with E-state index >= 15 is 0 Å². The molecule has 192 valence electrons. The number of hydrogen-bond donors (Lipinski definition) is 1. The molecule has 0 atom stereocenters. The van der Waals surface area contributed by atoms with Crippen LogP contribution in [0.25, 0.3) is 12.2 Å². The number of allylic oxidation sites excluding steroid dienone is 2. The maximum absolute atomic E-state index is 12.5. The highest BCUT2D eigenvalue weighted by Gasteiger charge is 2.10. The van der Waals surface area contributed by atoms with Crippen LogP contribution in [0, 0.1) is 0 Å². The number of carbonyl (C=O) groups excluding carboxylic acids is 2. The average molecular weight is 500 g/mol. The Kier molecular flexibility index (Phi) is 10.1. The third kappa shape index (κ3) is 8.10. The highest BCUT2D eigenvalue weighted by Crippen LogP contribution is 2.28. The van der Waals surface area contributed by atoms with Gasteiger partial charge in [0.2, 0.25) is 0 Å². The van der Waals surface area contributed by atoms with Crippen molar-refractivity contribution in [3.8, 4) is 17.2 Å². The highest BCUT2D eigenvalue weighted by atomic mass is 16.5. The van der Waals surface area contributed by atoms with E-state index in [0.717, 1.165) is 29.9 Å². The van der Waals surface area contributed by atoms with Gasteiger partial charge >= 0.3 is 0 Å². The second-order valence-electron chi connectivity index (χ2n) is 8.38. The minimum absolute atomic E-state index is 0.0172. The first-order valence-electron chi connectivity index (χ1n) is 12.3. The van der Waals surface area contributed by atoms with E-state index in [2.05, 4.69) is 18.7 Å². The van der Waals surface area contributed by atoms with Crippen molar-refractivity contribution < 1.29 is 24.2 Å². The lowest BCUT2D eigenvalue weighted by Crippen LogP contribution is -2.21. The molecule has 37 heavy (non-hydrogen) atoms. The van der Waals surface area contributed by atoms with Gasteiger partial charge in [0.05, 0.1) is 13.5 Å². The predicted octanol–water partition coefficient (Wildman–Crippen LogP) is 6.08. The van der Waals surface area contributed by atoms with Crippen LogP contribution in [0.3, 0.4) is 0 Å². The fourth-order valence-corrected chi connectivity index (χ4v) is 3.77. The number of phenols is 1. The molecule has 0 saturated carbocycles. The third-order valence-electron chi connectivity index (χ3n) is 5.83. The minimum atomic E-state index is -0.320. The summed E-state index contributed by atoms with van der Waals surface area (Å²) in [5.41, 5.74) is 3.53. The molecular formula is C31H33NO5. The Morgan fingerprint density at radius 1 is 0.865 bits per heavy atom. The summed E-state index contributed by atoms with van der Waals surface area (Å²) in [4.78, 5) is 27.0. The predicted molar refractivity (Wildman–Crippen MR) is 148 cm³/mol. The van der Waals surface area contributed by atoms with Crippen molar-refractivity contribution in [2.45, 2.75) is 26.9 Å². The van der Waals surface area contributed by atoms with Crippen LogP contribution in [-0.2, 0) is 16.2 Å². The minimum Gasteiger partial charge on any atom is -0.504 e. The summed E-state index contributed by atoms with van der Waals surface area (Å²) in [6.45, 7) is 6.35. The lowest BCUT2D eigenvalue weighted by molar-refractivity contribution is -0.121. The molecule has 6 heteroatoms. The standard InChI is InChI=1S/C31H33NO5/c1-4-32(5-2)26-15-13-25(30(20-26)37-22-24-9-7-6-8-10-24)14-17-28(34)21-27(33)16-11-23-12-18-29(35)31(19-23)36-3/h6-20,35H,4-5,21-22H2,1-3H3/b16-11+,17-14+. The molecule has 0 fully saturated rings. The van der Waals surface area contributed by atoms with Crippen LogP contribution in [-0.4, -0.2) is 36.9 Å². The lowest BCUT2D eigenvalue weighted by Gasteiger charge is -2.22. The number of ketones is 2. The lowest BCUT2D eigenvalue weighted by atomic mass is 10.1. The van der Waals surface area contributed by atoms with Crippen molar-refractivity contribution in [1.29, 1.82) is 0 Å². The van der Waals surface area contributed by atoms with Gasteiger partial charge in [-0.25, -0.2) is 0 Å². The summed E-state index contributed by atoms with van der Waals surface area (Å²) in [5, 5.41) is 9.68. The van der Waals surface area contributed by atoms with Crippen LogP contribution in [0.1, 0.15) is 37.0 Å². The van der Waals surface area contributed by atoms with Gasteiger partial charge in [-0.2, -0.15) is 0 Å². The topological polar surface area (TPSA) is 76.1 Å². The van der Waals surface area contributed by atoms with Gasteiger partial charge in [-0.05, 0) is 67.5 Å². The Morgan fingerprint density at radius 3 is 2.24 bits per heavy atom.